The van der Waals surface area contributed by atoms with E-state index in [4.69, 9.17) is 9.15 Å². The second-order valence-corrected chi connectivity index (χ2v) is 7.73. The predicted molar refractivity (Wildman–Crippen MR) is 101 cm³/mol. The van der Waals surface area contributed by atoms with Crippen LogP contribution >= 0.6 is 0 Å². The molecule has 1 aromatic heterocycles. The minimum atomic E-state index is -3.58. The number of fused-ring (bicyclic) bond motifs is 1. The lowest BCUT2D eigenvalue weighted by Gasteiger charge is -2.38. The van der Waals surface area contributed by atoms with Crippen molar-refractivity contribution < 1.29 is 40.7 Å². The number of carbonyl (C=O) groups excluding carboxylic acids is 2. The normalized spacial score (nSPS) is 20.9. The molecule has 3 heterocycles. The van der Waals surface area contributed by atoms with Crippen molar-refractivity contribution in [1.82, 2.24) is 20.4 Å². The summed E-state index contributed by atoms with van der Waals surface area (Å²) in [5.74, 6) is -7.77. The number of carbonyl (C=O) groups is 2. The molecule has 2 amide bonds. The molecule has 1 aromatic carbocycles. The minimum Gasteiger partial charge on any atom is -0.415 e. The molecule has 178 valence electrons. The molecule has 1 N–H and O–H groups in total. The number of aromatic nitrogens is 2. The molecule has 2 aromatic rings. The second kappa shape index (κ2) is 8.69. The van der Waals surface area contributed by atoms with Crippen LogP contribution in [0.2, 0.25) is 0 Å². The first-order valence-corrected chi connectivity index (χ1v) is 10.1. The van der Waals surface area contributed by atoms with Crippen molar-refractivity contribution in [3.8, 4) is 11.5 Å². The van der Waals surface area contributed by atoms with E-state index in [1.807, 2.05) is 0 Å². The summed E-state index contributed by atoms with van der Waals surface area (Å²) in [6, 6.07) is 0.603. The lowest BCUT2D eigenvalue weighted by Crippen LogP contribution is -2.59. The van der Waals surface area contributed by atoms with Crippen molar-refractivity contribution in [2.75, 3.05) is 13.2 Å². The van der Waals surface area contributed by atoms with Crippen LogP contribution in [0.1, 0.15) is 48.0 Å². The number of rotatable bonds is 6. The molecule has 0 aliphatic carbocycles. The van der Waals surface area contributed by atoms with Gasteiger partial charge in [0.2, 0.25) is 5.89 Å². The van der Waals surface area contributed by atoms with E-state index in [0.717, 1.165) is 6.07 Å². The molecule has 8 nitrogen and oxygen atoms in total. The molecule has 1 fully saturated rings. The number of ether oxygens (including phenoxy) is 1. The van der Waals surface area contributed by atoms with Gasteiger partial charge in [0.1, 0.15) is 5.82 Å². The Hall–Kier alpha value is -3.09. The smallest absolute Gasteiger partial charge is 0.324 e. The van der Waals surface area contributed by atoms with Gasteiger partial charge in [-0.15, -0.1) is 10.2 Å². The molecule has 13 heteroatoms. The zero-order valence-corrected chi connectivity index (χ0v) is 17.3. The zero-order chi connectivity index (χ0) is 23.9. The van der Waals surface area contributed by atoms with Crippen molar-refractivity contribution in [3.63, 3.8) is 0 Å². The van der Waals surface area contributed by atoms with Crippen molar-refractivity contribution in [2.24, 2.45) is 0 Å². The highest BCUT2D eigenvalue weighted by Gasteiger charge is 2.44. The highest BCUT2D eigenvalue weighted by Crippen LogP contribution is 2.34. The average Bonchev–Trinajstić information content (AvgIpc) is 3.40. The Labute approximate surface area is 184 Å². The van der Waals surface area contributed by atoms with E-state index in [1.165, 1.54) is 17.9 Å². The van der Waals surface area contributed by atoms with Gasteiger partial charge in [-0.1, -0.05) is 6.92 Å². The van der Waals surface area contributed by atoms with Crippen molar-refractivity contribution in [2.45, 2.75) is 50.7 Å². The fourth-order valence-electron chi connectivity index (χ4n) is 3.89. The first-order chi connectivity index (χ1) is 15.6. The van der Waals surface area contributed by atoms with Crippen molar-refractivity contribution in [3.05, 3.63) is 35.0 Å². The topological polar surface area (TPSA) is 97.6 Å². The van der Waals surface area contributed by atoms with E-state index in [1.54, 1.807) is 0 Å². The third-order valence-electron chi connectivity index (χ3n) is 5.70. The molecular weight excluding hydrogens is 455 g/mol. The lowest BCUT2D eigenvalue weighted by molar-refractivity contribution is -0.148. The quantitative estimate of drug-likeness (QED) is 0.647. The molecule has 0 saturated carbocycles. The molecule has 33 heavy (non-hydrogen) atoms. The second-order valence-electron chi connectivity index (χ2n) is 7.73. The summed E-state index contributed by atoms with van der Waals surface area (Å²) in [7, 11) is 0. The Morgan fingerprint density at radius 3 is 2.76 bits per heavy atom. The Kier molecular flexibility index (Phi) is 6.08. The molecule has 0 bridgehead atoms. The van der Waals surface area contributed by atoms with Gasteiger partial charge in [0.05, 0.1) is 25.2 Å². The maximum absolute atomic E-state index is 14.8. The van der Waals surface area contributed by atoms with E-state index in [0.29, 0.717) is 0 Å². The fraction of sp³-hybridized carbons (Fsp3) is 0.500. The predicted octanol–water partition coefficient (Wildman–Crippen LogP) is 3.09. The summed E-state index contributed by atoms with van der Waals surface area (Å²) in [6.07, 6.45) is -3.47. The maximum atomic E-state index is 14.8. The van der Waals surface area contributed by atoms with Gasteiger partial charge in [-0.2, -0.15) is 17.6 Å². The highest BCUT2D eigenvalue weighted by atomic mass is 19.3. The van der Waals surface area contributed by atoms with Crippen LogP contribution in [0.15, 0.2) is 16.5 Å². The van der Waals surface area contributed by atoms with E-state index in [2.05, 4.69) is 15.5 Å². The number of hydrogen-bond donors (Lipinski definition) is 1. The van der Waals surface area contributed by atoms with E-state index in [9.17, 15) is 31.5 Å². The van der Waals surface area contributed by atoms with Crippen LogP contribution in [0.4, 0.5) is 22.0 Å². The first-order valence-electron chi connectivity index (χ1n) is 10.1. The Balaban J connectivity index is 1.59. The van der Waals surface area contributed by atoms with Crippen molar-refractivity contribution >= 4 is 11.8 Å². The van der Waals surface area contributed by atoms with Gasteiger partial charge in [0.25, 0.3) is 17.7 Å². The molecule has 0 radical (unpaired) electrons. The third-order valence-corrected chi connectivity index (χ3v) is 5.70. The van der Waals surface area contributed by atoms with Gasteiger partial charge in [0.15, 0.2) is 0 Å². The number of benzene rings is 1. The summed E-state index contributed by atoms with van der Waals surface area (Å²) in [5, 5.41) is 8.89. The van der Waals surface area contributed by atoms with E-state index in [-0.39, 0.29) is 48.8 Å². The van der Waals surface area contributed by atoms with Gasteiger partial charge < -0.3 is 19.4 Å². The van der Waals surface area contributed by atoms with Crippen LogP contribution in [0.25, 0.3) is 11.5 Å². The number of halogens is 5. The molecule has 1 saturated heterocycles. The van der Waals surface area contributed by atoms with Crippen LogP contribution < -0.4 is 5.32 Å². The highest BCUT2D eigenvalue weighted by molar-refractivity contribution is 5.99. The Morgan fingerprint density at radius 2 is 2.09 bits per heavy atom. The van der Waals surface area contributed by atoms with Gasteiger partial charge in [-0.05, 0) is 18.6 Å². The lowest BCUT2D eigenvalue weighted by atomic mass is 10.0. The van der Waals surface area contributed by atoms with Crippen LogP contribution in [0, 0.1) is 5.82 Å². The third kappa shape index (κ3) is 4.28. The SMILES string of the molecule is CCC(F)(F)C(=O)N[C@@H]1COCC[C@H]1N1Cc2c(F)cc(-c3nnc(C(F)F)o3)cc2C1=O. The molecule has 2 aliphatic heterocycles. The Morgan fingerprint density at radius 1 is 1.33 bits per heavy atom. The number of amides is 2. The number of alkyl halides is 4. The summed E-state index contributed by atoms with van der Waals surface area (Å²) < 4.78 is 77.9. The van der Waals surface area contributed by atoms with Crippen LogP contribution in [0.3, 0.4) is 0 Å². The molecule has 0 spiro atoms. The van der Waals surface area contributed by atoms with Crippen LogP contribution in [-0.2, 0) is 16.1 Å². The van der Waals surface area contributed by atoms with Crippen molar-refractivity contribution in [1.29, 1.82) is 0 Å². The summed E-state index contributed by atoms with van der Waals surface area (Å²) in [4.78, 5) is 26.4. The van der Waals surface area contributed by atoms with E-state index >= 15 is 0 Å². The van der Waals surface area contributed by atoms with Gasteiger partial charge in [0, 0.05) is 29.7 Å². The van der Waals surface area contributed by atoms with Crippen LogP contribution in [-0.4, -0.2) is 58.1 Å². The Bertz CT molecular complexity index is 1080. The zero-order valence-electron chi connectivity index (χ0n) is 17.3. The van der Waals surface area contributed by atoms with Gasteiger partial charge in [-0.3, -0.25) is 9.59 Å². The van der Waals surface area contributed by atoms with E-state index < -0.39 is 54.4 Å². The van der Waals surface area contributed by atoms with Crippen LogP contribution in [0.5, 0.6) is 0 Å². The number of hydrogen-bond acceptors (Lipinski definition) is 6. The summed E-state index contributed by atoms with van der Waals surface area (Å²) in [5.41, 5.74) is -0.0506. The maximum Gasteiger partial charge on any atom is 0.324 e. The molecule has 0 unspecified atom stereocenters. The number of nitrogens with one attached hydrogen (secondary N) is 1. The van der Waals surface area contributed by atoms with Gasteiger partial charge >= 0.3 is 12.3 Å². The summed E-state index contributed by atoms with van der Waals surface area (Å²) >= 11 is 0. The minimum absolute atomic E-state index is 0.0442. The molecule has 4 rings (SSSR count). The largest absolute Gasteiger partial charge is 0.415 e. The molecular formula is C20H19F5N4O4. The number of nitrogens with zero attached hydrogens (tertiary/aromatic N) is 3. The fourth-order valence-corrected chi connectivity index (χ4v) is 3.89. The standard InChI is InChI=1S/C20H19F5N4O4/c1-2-20(24,25)19(31)26-13-8-32-4-3-14(13)29-7-11-10(18(29)30)5-9(6-12(11)21)16-27-28-17(33-16)15(22)23/h5-6,13-15H,2-4,7-8H2,1H3,(H,26,31)/t13-,14-/m1/s1. The monoisotopic (exact) mass is 474 g/mol. The molecule has 2 aliphatic rings. The average molecular weight is 474 g/mol. The first kappa shape index (κ1) is 23.1. The van der Waals surface area contributed by atoms with Gasteiger partial charge in [-0.25, -0.2) is 4.39 Å². The molecule has 2 atom stereocenters. The summed E-state index contributed by atoms with van der Waals surface area (Å²) in [6.45, 7) is 1.13.